The summed E-state index contributed by atoms with van der Waals surface area (Å²) in [6.45, 7) is 4.39. The summed E-state index contributed by atoms with van der Waals surface area (Å²) in [5.41, 5.74) is 11.2. The molecule has 7 nitrogen and oxygen atoms in total. The van der Waals surface area contributed by atoms with Crippen LogP contribution >= 0.6 is 11.8 Å². The third kappa shape index (κ3) is 4.32. The van der Waals surface area contributed by atoms with Crippen molar-refractivity contribution in [2.45, 2.75) is 11.7 Å². The van der Waals surface area contributed by atoms with Crippen molar-refractivity contribution in [3.63, 3.8) is 0 Å². The van der Waals surface area contributed by atoms with Gasteiger partial charge in [-0.05, 0) is 23.8 Å². The first kappa shape index (κ1) is 22.9. The number of pyridine rings is 1. The van der Waals surface area contributed by atoms with Crippen molar-refractivity contribution in [1.29, 1.82) is 0 Å². The minimum Gasteiger partial charge on any atom is -0.464 e. The fourth-order valence-corrected chi connectivity index (χ4v) is 4.95. The molecule has 2 N–H and O–H groups in total. The van der Waals surface area contributed by atoms with Crippen molar-refractivity contribution in [2.24, 2.45) is 0 Å². The molecule has 0 atom stereocenters. The van der Waals surface area contributed by atoms with Crippen LogP contribution in [-0.2, 0) is 6.54 Å². The Morgan fingerprint density at radius 1 is 0.973 bits per heavy atom. The zero-order chi connectivity index (χ0) is 25.2. The van der Waals surface area contributed by atoms with E-state index in [1.165, 1.54) is 0 Å². The van der Waals surface area contributed by atoms with Gasteiger partial charge in [-0.2, -0.15) is 0 Å². The highest BCUT2D eigenvalue weighted by Gasteiger charge is 2.26. The number of hydrogen-bond acceptors (Lipinski definition) is 7. The van der Waals surface area contributed by atoms with Crippen LogP contribution in [0.1, 0.15) is 5.56 Å². The maximum Gasteiger partial charge on any atom is 0.230 e. The minimum atomic E-state index is 0.412. The van der Waals surface area contributed by atoms with Gasteiger partial charge >= 0.3 is 0 Å². The molecule has 0 aliphatic carbocycles. The number of thioether (sulfide) groups is 1. The molecule has 0 aliphatic rings. The summed E-state index contributed by atoms with van der Waals surface area (Å²) in [6, 6.07) is 25.8. The second-order valence-corrected chi connectivity index (χ2v) is 9.39. The van der Waals surface area contributed by atoms with Crippen molar-refractivity contribution < 1.29 is 8.83 Å². The highest BCUT2D eigenvalue weighted by atomic mass is 32.2. The predicted octanol–water partition coefficient (Wildman–Crippen LogP) is 6.92. The van der Waals surface area contributed by atoms with Gasteiger partial charge in [0.05, 0.1) is 29.6 Å². The van der Waals surface area contributed by atoms with Crippen LogP contribution in [0.2, 0.25) is 0 Å². The number of aromatic nitrogens is 4. The number of nitrogen functional groups attached to an aromatic ring is 1. The van der Waals surface area contributed by atoms with Crippen molar-refractivity contribution >= 4 is 28.5 Å². The summed E-state index contributed by atoms with van der Waals surface area (Å²) in [6.07, 6.45) is 3.48. The molecule has 37 heavy (non-hydrogen) atoms. The van der Waals surface area contributed by atoms with Crippen LogP contribution in [-0.4, -0.2) is 25.5 Å². The molecule has 0 aliphatic heterocycles. The Hall–Kier alpha value is -4.56. The Kier molecular flexibility index (Phi) is 6.08. The molecule has 6 rings (SSSR count). The molecule has 0 amide bonds. The molecule has 0 saturated carbocycles. The zero-order valence-electron chi connectivity index (χ0n) is 19.9. The maximum absolute atomic E-state index is 6.76. The molecular formula is C29H23N5O2S. The van der Waals surface area contributed by atoms with Gasteiger partial charge in [0.25, 0.3) is 0 Å². The first-order valence-corrected chi connectivity index (χ1v) is 12.7. The summed E-state index contributed by atoms with van der Waals surface area (Å²) in [7, 11) is 0. The van der Waals surface area contributed by atoms with Crippen LogP contribution in [0.5, 0.6) is 0 Å². The molecule has 2 aromatic carbocycles. The molecule has 0 spiro atoms. The number of anilines is 1. The highest BCUT2D eigenvalue weighted by molar-refractivity contribution is 7.99. The van der Waals surface area contributed by atoms with Crippen LogP contribution in [0, 0.1) is 0 Å². The molecule has 0 unspecified atom stereocenters. The van der Waals surface area contributed by atoms with E-state index in [9.17, 15) is 0 Å². The van der Waals surface area contributed by atoms with Gasteiger partial charge in [0, 0.05) is 16.9 Å². The van der Waals surface area contributed by atoms with E-state index in [1.807, 2.05) is 77.4 Å². The van der Waals surface area contributed by atoms with Gasteiger partial charge in [0.2, 0.25) is 11.5 Å². The van der Waals surface area contributed by atoms with Crippen LogP contribution in [0.15, 0.2) is 112 Å². The number of rotatable bonds is 8. The monoisotopic (exact) mass is 505 g/mol. The lowest BCUT2D eigenvalue weighted by Crippen LogP contribution is -2.04. The second-order valence-electron chi connectivity index (χ2n) is 8.40. The van der Waals surface area contributed by atoms with E-state index in [1.54, 1.807) is 18.0 Å². The van der Waals surface area contributed by atoms with Gasteiger partial charge in [0.1, 0.15) is 5.76 Å². The number of fused-ring (bicyclic) bond motifs is 1. The molecule has 0 saturated heterocycles. The topological polar surface area (TPSA) is 95.9 Å². The van der Waals surface area contributed by atoms with E-state index in [4.69, 9.17) is 19.6 Å². The Morgan fingerprint density at radius 2 is 1.76 bits per heavy atom. The number of benzene rings is 2. The van der Waals surface area contributed by atoms with Gasteiger partial charge in [0.15, 0.2) is 10.9 Å². The van der Waals surface area contributed by atoms with Crippen LogP contribution in [0.3, 0.4) is 0 Å². The first-order valence-electron chi connectivity index (χ1n) is 11.8. The van der Waals surface area contributed by atoms with Crippen LogP contribution in [0.4, 0.5) is 5.69 Å². The van der Waals surface area contributed by atoms with Crippen molar-refractivity contribution in [1.82, 2.24) is 19.7 Å². The van der Waals surface area contributed by atoms with Gasteiger partial charge < -0.3 is 14.6 Å². The lowest BCUT2D eigenvalue weighted by Gasteiger charge is -2.09. The van der Waals surface area contributed by atoms with Crippen molar-refractivity contribution in [3.8, 4) is 34.2 Å². The molecular weight excluding hydrogens is 482 g/mol. The molecule has 4 aromatic heterocycles. The van der Waals surface area contributed by atoms with Crippen LogP contribution < -0.4 is 5.73 Å². The largest absolute Gasteiger partial charge is 0.464 e. The number of furan rings is 2. The fraction of sp³-hybridized carbons (Fsp3) is 0.0690. The Morgan fingerprint density at radius 3 is 2.49 bits per heavy atom. The highest BCUT2D eigenvalue weighted by Crippen LogP contribution is 2.42. The van der Waals surface area contributed by atoms with E-state index >= 15 is 0 Å². The average Bonchev–Trinajstić information content (AvgIpc) is 3.68. The minimum absolute atomic E-state index is 0.412. The molecule has 4 heterocycles. The summed E-state index contributed by atoms with van der Waals surface area (Å²) in [5.74, 6) is 2.34. The first-order chi connectivity index (χ1) is 18.2. The smallest absolute Gasteiger partial charge is 0.230 e. The van der Waals surface area contributed by atoms with Gasteiger partial charge in [-0.25, -0.2) is 4.98 Å². The Bertz CT molecular complexity index is 1670. The second kappa shape index (κ2) is 9.83. The van der Waals surface area contributed by atoms with E-state index in [0.717, 1.165) is 27.5 Å². The molecule has 0 radical (unpaired) electrons. The Labute approximate surface area is 217 Å². The van der Waals surface area contributed by atoms with Crippen LogP contribution in [0.25, 0.3) is 45.3 Å². The fourth-order valence-electron chi connectivity index (χ4n) is 4.28. The average molecular weight is 506 g/mol. The van der Waals surface area contributed by atoms with Gasteiger partial charge in [-0.3, -0.25) is 4.57 Å². The van der Waals surface area contributed by atoms with Gasteiger partial charge in [-0.15, -0.1) is 16.8 Å². The third-order valence-corrected chi connectivity index (χ3v) is 6.95. The lowest BCUT2D eigenvalue weighted by atomic mass is 10.0. The quantitative estimate of drug-likeness (QED) is 0.177. The predicted molar refractivity (Wildman–Crippen MR) is 147 cm³/mol. The normalized spacial score (nSPS) is 11.2. The maximum atomic E-state index is 6.76. The summed E-state index contributed by atoms with van der Waals surface area (Å²) in [5, 5.41) is 10.4. The number of nitrogens with zero attached hydrogens (tertiary/aromatic N) is 4. The van der Waals surface area contributed by atoms with E-state index < -0.39 is 0 Å². The van der Waals surface area contributed by atoms with Crippen molar-refractivity contribution in [3.05, 3.63) is 103 Å². The number of hydrogen-bond donors (Lipinski definition) is 1. The van der Waals surface area contributed by atoms with Gasteiger partial charge in [-0.1, -0.05) is 78.5 Å². The van der Waals surface area contributed by atoms with Crippen molar-refractivity contribution in [2.75, 3.05) is 11.5 Å². The lowest BCUT2D eigenvalue weighted by molar-refractivity contribution is 0.582. The zero-order valence-corrected chi connectivity index (χ0v) is 20.7. The summed E-state index contributed by atoms with van der Waals surface area (Å²) >= 11 is 1.55. The van der Waals surface area contributed by atoms with E-state index in [2.05, 4.69) is 28.9 Å². The van der Waals surface area contributed by atoms with E-state index in [-0.39, 0.29) is 0 Å². The molecule has 8 heteroatoms. The standard InChI is InChI=1S/C29H23N5O2S/c1-2-16-37-29-33-32-27(34(29)18-19-10-5-3-6-11-19)26-25(30)24-21(23-14-9-15-35-23)17-22(31-28(24)36-26)20-12-7-4-8-13-20/h2-15,17H,1,16,18,30H2. The molecule has 0 fully saturated rings. The summed E-state index contributed by atoms with van der Waals surface area (Å²) in [4.78, 5) is 4.83. The SMILES string of the molecule is C=CCSc1nnc(-c2oc3nc(-c4ccccc4)cc(-c4ccco4)c3c2N)n1Cc1ccccc1. The third-order valence-electron chi connectivity index (χ3n) is 5.99. The number of nitrogens with two attached hydrogens (primary N) is 1. The molecule has 182 valence electrons. The van der Waals surface area contributed by atoms with E-state index in [0.29, 0.717) is 46.4 Å². The molecule has 6 aromatic rings. The molecule has 0 bridgehead atoms. The summed E-state index contributed by atoms with van der Waals surface area (Å²) < 4.78 is 14.1. The Balaban J connectivity index is 1.55.